The molecule has 1 rings (SSSR count). The van der Waals surface area contributed by atoms with Gasteiger partial charge in [-0.1, -0.05) is 47.0 Å². The van der Waals surface area contributed by atoms with Crippen LogP contribution in [-0.4, -0.2) is 203 Å². The third kappa shape index (κ3) is 25.5. The highest BCUT2D eigenvalue weighted by Gasteiger charge is 2.38. The minimum Gasteiger partial charge on any atom is -0.394 e. The van der Waals surface area contributed by atoms with Gasteiger partial charge in [0.2, 0.25) is 65.0 Å². The standard InChI is InChI=1S/C50H93N15O15/c1-8-26(4)11-9-10-12-37(70)56-30(13-18-51)44(74)64-40(29(7)69)50(80)62-36(24-66)47(77)59-34-17-22-55-48(78)38(27(5)67)63-45(75)33(16-21-54)58-41(71)32(15-20-53)60-49(79)39(28(6)68)65-46(76)35(23-25(2)3)61-42(72)31(14-19-52)57-43(34)73/h25-36,38-40,66-69H,8-24,51-54H2,1-7H3,(H,55,78)(H,56,70)(H,57,73)(H,58,71)(H,59,77)(H,60,79)(H,61,72)(H,62,80)(H,63,75)(H,64,74)(H,65,76)/t26-,27+,28+,29+,30-,31-,32-,33-,34-,35+,36+,38-,39-,40-/m0/s1. The quantitative estimate of drug-likeness (QED) is 0.0340. The summed E-state index contributed by atoms with van der Waals surface area (Å²) in [7, 11) is 0. The number of aliphatic hydroxyl groups is 4. The van der Waals surface area contributed by atoms with Crippen molar-refractivity contribution in [1.29, 1.82) is 0 Å². The van der Waals surface area contributed by atoms with Crippen LogP contribution in [0.1, 0.15) is 119 Å². The van der Waals surface area contributed by atoms with Crippen LogP contribution in [0.4, 0.5) is 0 Å². The summed E-state index contributed by atoms with van der Waals surface area (Å²) in [5, 5.41) is 69.0. The summed E-state index contributed by atoms with van der Waals surface area (Å²) in [5.74, 6) is -10.7. The Morgan fingerprint density at radius 3 is 1.52 bits per heavy atom. The van der Waals surface area contributed by atoms with Crippen molar-refractivity contribution in [2.24, 2.45) is 34.8 Å². The second kappa shape index (κ2) is 37.7. The Hall–Kier alpha value is -6.15. The molecule has 458 valence electrons. The molecular formula is C50H93N15O15. The summed E-state index contributed by atoms with van der Waals surface area (Å²) in [6.45, 7) is 8.81. The van der Waals surface area contributed by atoms with E-state index in [1.54, 1.807) is 13.8 Å². The molecule has 30 nitrogen and oxygen atoms in total. The summed E-state index contributed by atoms with van der Waals surface area (Å²) in [5.41, 5.74) is 23.1. The molecule has 0 unspecified atom stereocenters. The van der Waals surface area contributed by atoms with E-state index in [-0.39, 0.29) is 70.6 Å². The molecule has 1 aliphatic heterocycles. The maximum atomic E-state index is 14.3. The molecule has 80 heavy (non-hydrogen) atoms. The third-order valence-electron chi connectivity index (χ3n) is 13.1. The molecule has 0 aromatic heterocycles. The molecule has 11 amide bonds. The second-order valence-electron chi connectivity index (χ2n) is 20.6. The van der Waals surface area contributed by atoms with Gasteiger partial charge >= 0.3 is 0 Å². The zero-order valence-electron chi connectivity index (χ0n) is 47.3. The molecular weight excluding hydrogens is 1050 g/mol. The lowest BCUT2D eigenvalue weighted by Gasteiger charge is -2.29. The van der Waals surface area contributed by atoms with Gasteiger partial charge in [0.25, 0.3) is 0 Å². The van der Waals surface area contributed by atoms with Gasteiger partial charge < -0.3 is 102 Å². The van der Waals surface area contributed by atoms with E-state index in [1.165, 1.54) is 6.92 Å². The minimum atomic E-state index is -1.90. The Labute approximate surface area is 467 Å². The predicted molar refractivity (Wildman–Crippen MR) is 291 cm³/mol. The van der Waals surface area contributed by atoms with Crippen LogP contribution >= 0.6 is 0 Å². The van der Waals surface area contributed by atoms with E-state index in [0.29, 0.717) is 12.3 Å². The molecule has 0 spiro atoms. The molecule has 1 saturated heterocycles. The molecule has 0 aromatic carbocycles. The highest BCUT2D eigenvalue weighted by atomic mass is 16.3. The first-order chi connectivity index (χ1) is 37.7. The lowest BCUT2D eigenvalue weighted by molar-refractivity contribution is -0.137. The third-order valence-corrected chi connectivity index (χ3v) is 13.1. The number of carbonyl (C=O) groups excluding carboxylic acids is 11. The van der Waals surface area contributed by atoms with Gasteiger partial charge in [0.15, 0.2) is 0 Å². The molecule has 14 atom stereocenters. The summed E-state index contributed by atoms with van der Waals surface area (Å²) in [6, 6.07) is -16.0. The minimum absolute atomic E-state index is 0.0458. The maximum Gasteiger partial charge on any atom is 0.245 e. The average Bonchev–Trinajstić information content (AvgIpc) is 3.38. The van der Waals surface area contributed by atoms with E-state index in [2.05, 4.69) is 72.3 Å². The first kappa shape index (κ1) is 71.9. The monoisotopic (exact) mass is 1140 g/mol. The molecule has 0 bridgehead atoms. The van der Waals surface area contributed by atoms with Crippen LogP contribution in [0.15, 0.2) is 0 Å². The number of aliphatic hydroxyl groups excluding tert-OH is 4. The normalized spacial score (nSPS) is 24.1. The number of hydrogen-bond acceptors (Lipinski definition) is 19. The molecule has 0 radical (unpaired) electrons. The largest absolute Gasteiger partial charge is 0.394 e. The van der Waals surface area contributed by atoms with Crippen molar-refractivity contribution in [3.8, 4) is 0 Å². The fraction of sp³-hybridized carbons (Fsp3) is 0.780. The maximum absolute atomic E-state index is 14.3. The van der Waals surface area contributed by atoms with Crippen LogP contribution in [-0.2, 0) is 52.7 Å². The Morgan fingerprint density at radius 2 is 1.05 bits per heavy atom. The summed E-state index contributed by atoms with van der Waals surface area (Å²) < 4.78 is 0. The van der Waals surface area contributed by atoms with Gasteiger partial charge in [-0.05, 0) is 104 Å². The Bertz CT molecular complexity index is 2030. The molecule has 0 aliphatic carbocycles. The van der Waals surface area contributed by atoms with Crippen LogP contribution in [0.2, 0.25) is 0 Å². The highest BCUT2D eigenvalue weighted by molar-refractivity contribution is 5.99. The van der Waals surface area contributed by atoms with Gasteiger partial charge in [0.05, 0.1) is 24.9 Å². The fourth-order valence-electron chi connectivity index (χ4n) is 8.20. The first-order valence-corrected chi connectivity index (χ1v) is 27.5. The SMILES string of the molecule is CC[C@H](C)CCCCC(=O)N[C@@H](CCN)C(=O)N[C@H](C(=O)N[C@H](CO)C(=O)N[C@H]1CCNC(=O)[C@H]([C@@H](C)O)NC(=O)[C@H](CCN)NC(=O)[C@H](CCN)NC(=O)[C@H]([C@@H](C)O)NC(=O)[C@@H](CC(C)C)NC(=O)[C@H](CCN)NC1=O)[C@@H](C)O. The molecule has 23 N–H and O–H groups in total. The molecule has 30 heteroatoms. The van der Waals surface area contributed by atoms with Crippen LogP contribution in [0.5, 0.6) is 0 Å². The van der Waals surface area contributed by atoms with Crippen molar-refractivity contribution >= 4 is 65.0 Å². The second-order valence-corrected chi connectivity index (χ2v) is 20.6. The van der Waals surface area contributed by atoms with Gasteiger partial charge in [0.1, 0.15) is 60.4 Å². The molecule has 0 aromatic rings. The Balaban J connectivity index is 3.75. The highest BCUT2D eigenvalue weighted by Crippen LogP contribution is 2.13. The predicted octanol–water partition coefficient (Wildman–Crippen LogP) is -7.46. The average molecular weight is 1140 g/mol. The van der Waals surface area contributed by atoms with E-state index in [0.717, 1.165) is 33.1 Å². The smallest absolute Gasteiger partial charge is 0.245 e. The first-order valence-electron chi connectivity index (χ1n) is 27.5. The molecule has 0 saturated carbocycles. The van der Waals surface area contributed by atoms with Crippen LogP contribution in [0.3, 0.4) is 0 Å². The summed E-state index contributed by atoms with van der Waals surface area (Å²) >= 11 is 0. The van der Waals surface area contributed by atoms with E-state index < -0.39 is 163 Å². The van der Waals surface area contributed by atoms with E-state index in [9.17, 15) is 73.2 Å². The molecule has 1 heterocycles. The molecule has 1 aliphatic rings. The zero-order valence-corrected chi connectivity index (χ0v) is 47.3. The van der Waals surface area contributed by atoms with Crippen molar-refractivity contribution in [3.05, 3.63) is 0 Å². The number of carbonyl (C=O) groups is 11. The number of nitrogens with one attached hydrogen (secondary N) is 11. The number of amides is 11. The van der Waals surface area contributed by atoms with Crippen LogP contribution in [0, 0.1) is 11.8 Å². The Morgan fingerprint density at radius 1 is 0.562 bits per heavy atom. The van der Waals surface area contributed by atoms with Crippen molar-refractivity contribution in [2.75, 3.05) is 39.3 Å². The number of rotatable bonds is 27. The van der Waals surface area contributed by atoms with E-state index >= 15 is 0 Å². The van der Waals surface area contributed by atoms with Crippen molar-refractivity contribution in [3.63, 3.8) is 0 Å². The number of unbranched alkanes of at least 4 members (excludes halogenated alkanes) is 1. The van der Waals surface area contributed by atoms with Crippen LogP contribution < -0.4 is 81.4 Å². The summed E-state index contributed by atoms with van der Waals surface area (Å²) in [4.78, 5) is 151. The van der Waals surface area contributed by atoms with Gasteiger partial charge in [-0.3, -0.25) is 52.7 Å². The fourth-order valence-corrected chi connectivity index (χ4v) is 8.20. The van der Waals surface area contributed by atoms with Gasteiger partial charge in [0, 0.05) is 13.0 Å². The van der Waals surface area contributed by atoms with Gasteiger partial charge in [-0.15, -0.1) is 0 Å². The molecule has 1 fully saturated rings. The van der Waals surface area contributed by atoms with Crippen molar-refractivity contribution in [1.82, 2.24) is 58.5 Å². The summed E-state index contributed by atoms with van der Waals surface area (Å²) in [6.07, 6.45) is -2.77. The topological polar surface area (TPSA) is 505 Å². The zero-order chi connectivity index (χ0) is 60.8. The lowest BCUT2D eigenvalue weighted by atomic mass is 10.0. The number of nitrogens with two attached hydrogens (primary N) is 4. The Kier molecular flexibility index (Phi) is 33.9. The lowest BCUT2D eigenvalue weighted by Crippen LogP contribution is -2.62. The van der Waals surface area contributed by atoms with E-state index in [1.807, 2.05) is 0 Å². The van der Waals surface area contributed by atoms with E-state index in [4.69, 9.17) is 22.9 Å². The van der Waals surface area contributed by atoms with Crippen LogP contribution in [0.25, 0.3) is 0 Å². The van der Waals surface area contributed by atoms with Gasteiger partial charge in [-0.25, -0.2) is 0 Å². The van der Waals surface area contributed by atoms with Crippen molar-refractivity contribution < 1.29 is 73.2 Å². The number of hydrogen-bond donors (Lipinski definition) is 19. The van der Waals surface area contributed by atoms with Gasteiger partial charge in [-0.2, -0.15) is 0 Å². The van der Waals surface area contributed by atoms with Crippen molar-refractivity contribution in [2.45, 2.75) is 198 Å².